The molecule has 0 aliphatic heterocycles. The topological polar surface area (TPSA) is 123 Å². The SMILES string of the molecule is CC(C)(C)[Si](C)(C)OCc1ccc2c(c1)cc(-c1n[nH]c3cc(C(N)=O)ccc13)n2C(=O)O. The second kappa shape index (κ2) is 7.86. The third kappa shape index (κ3) is 4.05. The Morgan fingerprint density at radius 2 is 1.88 bits per heavy atom. The first kappa shape index (κ1) is 22.7. The van der Waals surface area contributed by atoms with Crippen LogP contribution in [0.4, 0.5) is 4.79 Å². The van der Waals surface area contributed by atoms with Gasteiger partial charge in [0.25, 0.3) is 0 Å². The van der Waals surface area contributed by atoms with E-state index < -0.39 is 20.3 Å². The molecule has 2 aromatic heterocycles. The minimum atomic E-state index is -1.91. The van der Waals surface area contributed by atoms with Crippen molar-refractivity contribution >= 4 is 42.1 Å². The molecular weight excluding hydrogens is 436 g/mol. The monoisotopic (exact) mass is 464 g/mol. The maximum absolute atomic E-state index is 12.2. The van der Waals surface area contributed by atoms with Crippen LogP contribution in [0.3, 0.4) is 0 Å². The number of fused-ring (bicyclic) bond motifs is 2. The van der Waals surface area contributed by atoms with Crippen molar-refractivity contribution in [2.24, 2.45) is 5.73 Å². The number of benzene rings is 2. The van der Waals surface area contributed by atoms with Crippen molar-refractivity contribution in [1.82, 2.24) is 14.8 Å². The van der Waals surface area contributed by atoms with E-state index in [0.29, 0.717) is 40.0 Å². The van der Waals surface area contributed by atoms with Gasteiger partial charge in [-0.3, -0.25) is 9.89 Å². The van der Waals surface area contributed by atoms with E-state index in [0.717, 1.165) is 10.9 Å². The van der Waals surface area contributed by atoms with Crippen LogP contribution in [0.15, 0.2) is 42.5 Å². The third-order valence-electron chi connectivity index (χ3n) is 6.55. The molecule has 33 heavy (non-hydrogen) atoms. The molecule has 0 atom stereocenters. The largest absolute Gasteiger partial charge is 0.464 e. The molecule has 0 aliphatic carbocycles. The van der Waals surface area contributed by atoms with Gasteiger partial charge in [0.1, 0.15) is 5.69 Å². The van der Waals surface area contributed by atoms with Crippen LogP contribution in [0.5, 0.6) is 0 Å². The van der Waals surface area contributed by atoms with Crippen molar-refractivity contribution in [1.29, 1.82) is 0 Å². The number of H-pyrrole nitrogens is 1. The van der Waals surface area contributed by atoms with Gasteiger partial charge in [0.05, 0.1) is 23.3 Å². The second-order valence-corrected chi connectivity index (χ2v) is 14.6. The number of amides is 1. The number of hydrogen-bond acceptors (Lipinski definition) is 4. The number of nitrogens with one attached hydrogen (secondary N) is 1. The number of primary amides is 1. The number of aromatic nitrogens is 3. The number of rotatable bonds is 5. The lowest BCUT2D eigenvalue weighted by Gasteiger charge is -2.36. The molecule has 0 saturated carbocycles. The normalized spacial score (nSPS) is 12.5. The van der Waals surface area contributed by atoms with E-state index >= 15 is 0 Å². The van der Waals surface area contributed by atoms with Crippen molar-refractivity contribution in [2.75, 3.05) is 0 Å². The molecule has 0 spiro atoms. The zero-order valence-electron chi connectivity index (χ0n) is 19.4. The smallest absolute Gasteiger partial charge is 0.416 e. The quantitative estimate of drug-likeness (QED) is 0.344. The van der Waals surface area contributed by atoms with E-state index in [2.05, 4.69) is 44.1 Å². The van der Waals surface area contributed by atoms with Crippen molar-refractivity contribution in [3.8, 4) is 11.4 Å². The van der Waals surface area contributed by atoms with Gasteiger partial charge in [-0.1, -0.05) is 26.8 Å². The predicted molar refractivity (Wildman–Crippen MR) is 131 cm³/mol. The molecule has 2 aromatic carbocycles. The lowest BCUT2D eigenvalue weighted by atomic mass is 10.1. The molecule has 172 valence electrons. The van der Waals surface area contributed by atoms with Crippen LogP contribution >= 0.6 is 0 Å². The lowest BCUT2D eigenvalue weighted by Crippen LogP contribution is -2.40. The first-order chi connectivity index (χ1) is 15.4. The highest BCUT2D eigenvalue weighted by Crippen LogP contribution is 2.37. The number of carbonyl (C=O) groups excluding carboxylic acids is 1. The molecule has 4 rings (SSSR count). The summed E-state index contributed by atoms with van der Waals surface area (Å²) >= 11 is 0. The van der Waals surface area contributed by atoms with Crippen LogP contribution in [-0.4, -0.2) is 40.2 Å². The third-order valence-corrected chi connectivity index (χ3v) is 11.0. The van der Waals surface area contributed by atoms with Gasteiger partial charge in [-0.05, 0) is 60.1 Å². The number of carbonyl (C=O) groups is 2. The summed E-state index contributed by atoms with van der Waals surface area (Å²) in [7, 11) is -1.91. The summed E-state index contributed by atoms with van der Waals surface area (Å²) in [6.07, 6.45) is -1.10. The summed E-state index contributed by atoms with van der Waals surface area (Å²) in [6.45, 7) is 11.5. The van der Waals surface area contributed by atoms with Crippen molar-refractivity contribution in [3.63, 3.8) is 0 Å². The maximum Gasteiger partial charge on any atom is 0.416 e. The highest BCUT2D eigenvalue weighted by Gasteiger charge is 2.37. The number of nitrogens with two attached hydrogens (primary N) is 1. The maximum atomic E-state index is 12.2. The predicted octanol–water partition coefficient (Wildman–Crippen LogP) is 5.33. The Morgan fingerprint density at radius 3 is 2.52 bits per heavy atom. The van der Waals surface area contributed by atoms with E-state index in [-0.39, 0.29) is 5.04 Å². The Hall–Kier alpha value is -3.43. The van der Waals surface area contributed by atoms with Crippen LogP contribution in [0.2, 0.25) is 18.1 Å². The first-order valence-electron chi connectivity index (χ1n) is 10.7. The number of hydrogen-bond donors (Lipinski definition) is 3. The van der Waals surface area contributed by atoms with Crippen molar-refractivity contribution in [3.05, 3.63) is 53.6 Å². The van der Waals surface area contributed by atoms with Crippen molar-refractivity contribution < 1.29 is 19.1 Å². The van der Waals surface area contributed by atoms with E-state index in [4.69, 9.17) is 10.2 Å². The average Bonchev–Trinajstić information content (AvgIpc) is 3.31. The molecule has 1 amide bonds. The van der Waals surface area contributed by atoms with Gasteiger partial charge >= 0.3 is 6.09 Å². The highest BCUT2D eigenvalue weighted by molar-refractivity contribution is 6.74. The molecule has 0 aliphatic rings. The zero-order chi connectivity index (χ0) is 24.1. The Morgan fingerprint density at radius 1 is 1.15 bits per heavy atom. The number of carboxylic acid groups (broad SMARTS) is 1. The van der Waals surface area contributed by atoms with E-state index in [1.165, 1.54) is 4.57 Å². The average molecular weight is 465 g/mol. The van der Waals surface area contributed by atoms with Crippen LogP contribution < -0.4 is 5.73 Å². The van der Waals surface area contributed by atoms with E-state index in [9.17, 15) is 14.7 Å². The summed E-state index contributed by atoms with van der Waals surface area (Å²) in [5.41, 5.74) is 8.80. The van der Waals surface area contributed by atoms with E-state index in [1.54, 1.807) is 24.3 Å². The van der Waals surface area contributed by atoms with Gasteiger partial charge in [-0.25, -0.2) is 9.36 Å². The van der Waals surface area contributed by atoms with Crippen LogP contribution in [0.1, 0.15) is 36.7 Å². The standard InChI is InChI=1S/C24H28N4O4Si/c1-24(2,3)33(4,5)32-13-14-6-9-19-16(10-14)12-20(28(19)23(30)31)21-17-8-7-15(22(25)29)11-18(17)26-27-21/h6-12H,13H2,1-5H3,(H2,25,29)(H,26,27)(H,30,31). The van der Waals surface area contributed by atoms with Gasteiger partial charge in [0.15, 0.2) is 8.32 Å². The van der Waals surface area contributed by atoms with Gasteiger partial charge in [-0.15, -0.1) is 0 Å². The Labute approximate surface area is 192 Å². The van der Waals surface area contributed by atoms with Crippen LogP contribution in [0.25, 0.3) is 33.2 Å². The minimum absolute atomic E-state index is 0.103. The van der Waals surface area contributed by atoms with Crippen molar-refractivity contribution in [2.45, 2.75) is 45.5 Å². The fourth-order valence-corrected chi connectivity index (χ4v) is 4.54. The molecule has 0 fully saturated rings. The number of aromatic amines is 1. The summed E-state index contributed by atoms with van der Waals surface area (Å²) in [5.74, 6) is -0.542. The summed E-state index contributed by atoms with van der Waals surface area (Å²) in [6, 6.07) is 12.4. The molecule has 0 unspecified atom stereocenters. The molecule has 4 N–H and O–H groups in total. The molecule has 0 bridgehead atoms. The summed E-state index contributed by atoms with van der Waals surface area (Å²) < 4.78 is 7.56. The van der Waals surface area contributed by atoms with Gasteiger partial charge in [0, 0.05) is 16.3 Å². The fourth-order valence-electron chi connectivity index (χ4n) is 3.58. The molecule has 2 heterocycles. The number of nitrogens with zero attached hydrogens (tertiary/aromatic N) is 2. The Kier molecular flexibility index (Phi) is 5.42. The molecular formula is C24H28N4O4Si. The van der Waals surface area contributed by atoms with Gasteiger partial charge < -0.3 is 15.3 Å². The van der Waals surface area contributed by atoms with Crippen LogP contribution in [0, 0.1) is 0 Å². The molecule has 8 nitrogen and oxygen atoms in total. The summed E-state index contributed by atoms with van der Waals surface area (Å²) in [5, 5.41) is 18.8. The Bertz CT molecular complexity index is 1390. The minimum Gasteiger partial charge on any atom is -0.464 e. The van der Waals surface area contributed by atoms with Gasteiger partial charge in [0.2, 0.25) is 5.91 Å². The Balaban J connectivity index is 1.77. The molecule has 0 radical (unpaired) electrons. The van der Waals surface area contributed by atoms with Crippen LogP contribution in [-0.2, 0) is 11.0 Å². The highest BCUT2D eigenvalue weighted by atomic mass is 28.4. The fraction of sp³-hybridized carbons (Fsp3) is 0.292. The molecule has 0 saturated heterocycles. The zero-order valence-corrected chi connectivity index (χ0v) is 20.4. The first-order valence-corrected chi connectivity index (χ1v) is 13.6. The lowest BCUT2D eigenvalue weighted by molar-refractivity contribution is 0.100. The van der Waals surface area contributed by atoms with E-state index in [1.807, 2.05) is 18.2 Å². The summed E-state index contributed by atoms with van der Waals surface area (Å²) in [4.78, 5) is 23.7. The second-order valence-electron chi connectivity index (χ2n) is 9.79. The van der Waals surface area contributed by atoms with Gasteiger partial charge in [-0.2, -0.15) is 5.10 Å². The molecule has 4 aromatic rings. The molecule has 9 heteroatoms.